The molecule has 24 heavy (non-hydrogen) atoms. The SMILES string of the molecule is CCC(C)(C)C(=O)OCCOC(=O)C(C)(CC)CC(C)(C)C(C)=O. The van der Waals surface area contributed by atoms with Crippen molar-refractivity contribution in [3.63, 3.8) is 0 Å². The number of esters is 2. The maximum absolute atomic E-state index is 12.4. The molecular weight excluding hydrogens is 308 g/mol. The quantitative estimate of drug-likeness (QED) is 0.444. The molecule has 0 aromatic rings. The largest absolute Gasteiger partial charge is 0.462 e. The molecule has 5 nitrogen and oxygen atoms in total. The molecule has 0 aromatic heterocycles. The summed E-state index contributed by atoms with van der Waals surface area (Å²) in [5.74, 6) is -0.604. The number of hydrogen-bond donors (Lipinski definition) is 0. The first kappa shape index (κ1) is 22.6. The molecule has 0 spiro atoms. The van der Waals surface area contributed by atoms with Gasteiger partial charge in [0.05, 0.1) is 10.8 Å². The molecular formula is C19H34O5. The molecule has 0 bridgehead atoms. The van der Waals surface area contributed by atoms with E-state index in [0.717, 1.165) is 0 Å². The summed E-state index contributed by atoms with van der Waals surface area (Å²) in [6.07, 6.45) is 1.68. The molecule has 0 aliphatic heterocycles. The van der Waals surface area contributed by atoms with E-state index in [1.54, 1.807) is 0 Å². The minimum absolute atomic E-state index is 0.0282. The molecule has 0 saturated carbocycles. The fourth-order valence-electron chi connectivity index (χ4n) is 2.22. The topological polar surface area (TPSA) is 69.7 Å². The van der Waals surface area contributed by atoms with Crippen LogP contribution >= 0.6 is 0 Å². The lowest BCUT2D eigenvalue weighted by Crippen LogP contribution is -2.37. The van der Waals surface area contributed by atoms with Crippen molar-refractivity contribution in [2.45, 2.75) is 74.7 Å². The van der Waals surface area contributed by atoms with Crippen molar-refractivity contribution in [2.75, 3.05) is 13.2 Å². The van der Waals surface area contributed by atoms with Crippen molar-refractivity contribution in [3.05, 3.63) is 0 Å². The van der Waals surface area contributed by atoms with Crippen LogP contribution in [0.5, 0.6) is 0 Å². The van der Waals surface area contributed by atoms with Crippen LogP contribution in [0.15, 0.2) is 0 Å². The van der Waals surface area contributed by atoms with Crippen LogP contribution in [0.1, 0.15) is 74.7 Å². The smallest absolute Gasteiger partial charge is 0.311 e. The Hall–Kier alpha value is -1.39. The van der Waals surface area contributed by atoms with Crippen LogP contribution in [0.25, 0.3) is 0 Å². The summed E-state index contributed by atoms with van der Waals surface area (Å²) in [4.78, 5) is 36.0. The summed E-state index contributed by atoms with van der Waals surface area (Å²) in [5.41, 5.74) is -1.85. The third kappa shape index (κ3) is 6.25. The molecule has 140 valence electrons. The van der Waals surface area contributed by atoms with E-state index in [0.29, 0.717) is 19.3 Å². The van der Waals surface area contributed by atoms with E-state index in [2.05, 4.69) is 0 Å². The Morgan fingerprint density at radius 1 is 0.750 bits per heavy atom. The lowest BCUT2D eigenvalue weighted by Gasteiger charge is -2.33. The Labute approximate surface area is 146 Å². The highest BCUT2D eigenvalue weighted by molar-refractivity contribution is 5.83. The van der Waals surface area contributed by atoms with E-state index >= 15 is 0 Å². The number of carbonyl (C=O) groups excluding carboxylic acids is 3. The van der Waals surface area contributed by atoms with Crippen molar-refractivity contribution in [2.24, 2.45) is 16.2 Å². The Morgan fingerprint density at radius 3 is 1.58 bits per heavy atom. The normalized spacial score (nSPS) is 14.7. The third-order valence-corrected chi connectivity index (χ3v) is 5.04. The zero-order valence-electron chi connectivity index (χ0n) is 16.6. The monoisotopic (exact) mass is 342 g/mol. The molecule has 5 heteroatoms. The minimum atomic E-state index is -0.734. The lowest BCUT2D eigenvalue weighted by molar-refractivity contribution is -0.165. The Morgan fingerprint density at radius 2 is 1.21 bits per heavy atom. The molecule has 0 N–H and O–H groups in total. The Bertz CT molecular complexity index is 464. The van der Waals surface area contributed by atoms with Gasteiger partial charge in [0.1, 0.15) is 19.0 Å². The van der Waals surface area contributed by atoms with E-state index < -0.39 is 16.2 Å². The molecule has 1 unspecified atom stereocenters. The molecule has 1 atom stereocenters. The number of ketones is 1. The second-order valence-corrected chi connectivity index (χ2v) is 8.04. The molecule has 0 fully saturated rings. The highest BCUT2D eigenvalue weighted by Gasteiger charge is 2.40. The van der Waals surface area contributed by atoms with Crippen LogP contribution in [0.3, 0.4) is 0 Å². The Kier molecular flexibility index (Phi) is 8.13. The van der Waals surface area contributed by atoms with Crippen LogP contribution < -0.4 is 0 Å². The van der Waals surface area contributed by atoms with Gasteiger partial charge in [0.15, 0.2) is 0 Å². The predicted octanol–water partition coefficient (Wildman–Crippen LogP) is 3.93. The highest BCUT2D eigenvalue weighted by Crippen LogP contribution is 2.38. The van der Waals surface area contributed by atoms with Crippen LogP contribution in [0.4, 0.5) is 0 Å². The molecule has 0 rings (SSSR count). The van der Waals surface area contributed by atoms with Crippen LogP contribution in [-0.2, 0) is 23.9 Å². The molecule has 0 saturated heterocycles. The Balaban J connectivity index is 4.58. The average Bonchev–Trinajstić information content (AvgIpc) is 2.50. The fraction of sp³-hybridized carbons (Fsp3) is 0.842. The van der Waals surface area contributed by atoms with Crippen LogP contribution in [0, 0.1) is 16.2 Å². The second kappa shape index (κ2) is 8.63. The summed E-state index contributed by atoms with van der Waals surface area (Å²) in [6.45, 7) is 14.6. The summed E-state index contributed by atoms with van der Waals surface area (Å²) in [7, 11) is 0. The van der Waals surface area contributed by atoms with Gasteiger partial charge >= 0.3 is 11.9 Å². The van der Waals surface area contributed by atoms with Gasteiger partial charge in [-0.15, -0.1) is 0 Å². The van der Waals surface area contributed by atoms with E-state index in [-0.39, 0.29) is 30.9 Å². The standard InChI is InChI=1S/C19H34O5/c1-9-17(4,5)15(21)23-11-12-24-16(22)19(8,10-2)13-18(6,7)14(3)20/h9-13H2,1-8H3. The fourth-order valence-corrected chi connectivity index (χ4v) is 2.22. The van der Waals surface area contributed by atoms with Gasteiger partial charge in [-0.1, -0.05) is 27.7 Å². The van der Waals surface area contributed by atoms with Crippen LogP contribution in [-0.4, -0.2) is 30.9 Å². The van der Waals surface area contributed by atoms with Gasteiger partial charge in [-0.3, -0.25) is 14.4 Å². The first-order valence-corrected chi connectivity index (χ1v) is 8.68. The minimum Gasteiger partial charge on any atom is -0.462 e. The van der Waals surface area contributed by atoms with Gasteiger partial charge in [0.25, 0.3) is 0 Å². The van der Waals surface area contributed by atoms with E-state index in [9.17, 15) is 14.4 Å². The van der Waals surface area contributed by atoms with Gasteiger partial charge in [-0.25, -0.2) is 0 Å². The van der Waals surface area contributed by atoms with E-state index in [1.807, 2.05) is 48.5 Å². The maximum atomic E-state index is 12.4. The first-order valence-electron chi connectivity index (χ1n) is 8.68. The number of Topliss-reactive ketones (excluding diaryl/α,β-unsaturated/α-hetero) is 1. The summed E-state index contributed by atoms with van der Waals surface area (Å²) in [6, 6.07) is 0. The van der Waals surface area contributed by atoms with Crippen molar-refractivity contribution in [3.8, 4) is 0 Å². The van der Waals surface area contributed by atoms with Crippen molar-refractivity contribution >= 4 is 17.7 Å². The summed E-state index contributed by atoms with van der Waals surface area (Å²) < 4.78 is 10.5. The zero-order valence-corrected chi connectivity index (χ0v) is 16.6. The number of hydrogen-bond acceptors (Lipinski definition) is 5. The lowest BCUT2D eigenvalue weighted by atomic mass is 9.71. The molecule has 0 aromatic carbocycles. The molecule has 0 amide bonds. The number of ether oxygens (including phenoxy) is 2. The van der Waals surface area contributed by atoms with Crippen molar-refractivity contribution in [1.82, 2.24) is 0 Å². The predicted molar refractivity (Wildman–Crippen MR) is 93.5 cm³/mol. The van der Waals surface area contributed by atoms with Gasteiger partial charge in [0, 0.05) is 5.41 Å². The summed E-state index contributed by atoms with van der Waals surface area (Å²) >= 11 is 0. The van der Waals surface area contributed by atoms with E-state index in [1.165, 1.54) is 6.92 Å². The third-order valence-electron chi connectivity index (χ3n) is 5.04. The highest BCUT2D eigenvalue weighted by atomic mass is 16.6. The second-order valence-electron chi connectivity index (χ2n) is 8.04. The maximum Gasteiger partial charge on any atom is 0.311 e. The average molecular weight is 342 g/mol. The van der Waals surface area contributed by atoms with E-state index in [4.69, 9.17) is 9.47 Å². The van der Waals surface area contributed by atoms with Crippen LogP contribution in [0.2, 0.25) is 0 Å². The van der Waals surface area contributed by atoms with Gasteiger partial charge in [-0.05, 0) is 47.0 Å². The molecule has 0 heterocycles. The van der Waals surface area contributed by atoms with Gasteiger partial charge < -0.3 is 9.47 Å². The van der Waals surface area contributed by atoms with Crippen molar-refractivity contribution in [1.29, 1.82) is 0 Å². The van der Waals surface area contributed by atoms with Crippen molar-refractivity contribution < 1.29 is 23.9 Å². The summed E-state index contributed by atoms with van der Waals surface area (Å²) in [5, 5.41) is 0. The zero-order chi connectivity index (χ0) is 19.2. The molecule has 0 aliphatic rings. The number of carbonyl (C=O) groups is 3. The van der Waals surface area contributed by atoms with Gasteiger partial charge in [-0.2, -0.15) is 0 Å². The molecule has 0 aliphatic carbocycles. The number of rotatable bonds is 10. The molecule has 0 radical (unpaired) electrons. The first-order chi connectivity index (χ1) is 10.8. The van der Waals surface area contributed by atoms with Gasteiger partial charge in [0.2, 0.25) is 0 Å².